The van der Waals surface area contributed by atoms with Gasteiger partial charge >= 0.3 is 6.18 Å². The van der Waals surface area contributed by atoms with Crippen molar-refractivity contribution in [2.45, 2.75) is 17.1 Å². The maximum absolute atomic E-state index is 13.3. The molecular weight excluding hydrogens is 406 g/mol. The van der Waals surface area contributed by atoms with E-state index < -0.39 is 11.7 Å². The molecule has 0 unspecified atom stereocenters. The number of halogens is 4. The highest BCUT2D eigenvalue weighted by atomic mass is 32.2. The number of rotatable bonds is 5. The van der Waals surface area contributed by atoms with E-state index in [1.54, 1.807) is 28.8 Å². The summed E-state index contributed by atoms with van der Waals surface area (Å²) in [5.74, 6) is 0.940. The van der Waals surface area contributed by atoms with Crippen molar-refractivity contribution in [2.24, 2.45) is 0 Å². The minimum atomic E-state index is -4.37. The van der Waals surface area contributed by atoms with E-state index in [-0.39, 0.29) is 5.82 Å². The van der Waals surface area contributed by atoms with E-state index in [0.717, 1.165) is 12.1 Å². The normalized spacial score (nSPS) is 11.7. The molecule has 0 saturated carbocycles. The van der Waals surface area contributed by atoms with Gasteiger partial charge in [0.05, 0.1) is 17.5 Å². The summed E-state index contributed by atoms with van der Waals surface area (Å²) in [7, 11) is 0. The third-order valence-corrected chi connectivity index (χ3v) is 5.11. The van der Waals surface area contributed by atoms with Crippen LogP contribution >= 0.6 is 11.8 Å². The SMILES string of the molecule is Fc1ccc(-n2c(SCc3ccc(C(F)(F)F)cc3)nnc2-c2ccco2)cc1. The second-order valence-corrected chi connectivity index (χ2v) is 7.02. The second-order valence-electron chi connectivity index (χ2n) is 6.08. The van der Waals surface area contributed by atoms with Gasteiger partial charge in [0, 0.05) is 5.75 Å². The molecule has 148 valence electrons. The Bertz CT molecular complexity index is 1090. The van der Waals surface area contributed by atoms with Crippen LogP contribution in [0.4, 0.5) is 17.6 Å². The second kappa shape index (κ2) is 7.75. The van der Waals surface area contributed by atoms with Crippen molar-refractivity contribution in [2.75, 3.05) is 0 Å². The lowest BCUT2D eigenvalue weighted by molar-refractivity contribution is -0.137. The van der Waals surface area contributed by atoms with Gasteiger partial charge in [0.2, 0.25) is 5.82 Å². The Morgan fingerprint density at radius 1 is 0.931 bits per heavy atom. The van der Waals surface area contributed by atoms with E-state index in [0.29, 0.717) is 33.7 Å². The summed E-state index contributed by atoms with van der Waals surface area (Å²) < 4.78 is 58.6. The fourth-order valence-electron chi connectivity index (χ4n) is 2.69. The van der Waals surface area contributed by atoms with Gasteiger partial charge in [-0.3, -0.25) is 4.57 Å². The molecule has 2 heterocycles. The molecule has 4 nitrogen and oxygen atoms in total. The van der Waals surface area contributed by atoms with E-state index in [4.69, 9.17) is 4.42 Å². The molecule has 0 aliphatic rings. The largest absolute Gasteiger partial charge is 0.461 e. The van der Waals surface area contributed by atoms with Crippen LogP contribution < -0.4 is 0 Å². The summed E-state index contributed by atoms with van der Waals surface area (Å²) in [6.07, 6.45) is -2.86. The van der Waals surface area contributed by atoms with Crippen LogP contribution in [0.1, 0.15) is 11.1 Å². The van der Waals surface area contributed by atoms with E-state index in [2.05, 4.69) is 10.2 Å². The molecule has 4 rings (SSSR count). The monoisotopic (exact) mass is 419 g/mol. The molecule has 0 atom stereocenters. The highest BCUT2D eigenvalue weighted by molar-refractivity contribution is 7.98. The smallest absolute Gasteiger partial charge is 0.416 e. The summed E-state index contributed by atoms with van der Waals surface area (Å²) in [6, 6.07) is 14.2. The van der Waals surface area contributed by atoms with Crippen LogP contribution in [0.5, 0.6) is 0 Å². The van der Waals surface area contributed by atoms with Crippen LogP contribution in [-0.4, -0.2) is 14.8 Å². The first-order valence-electron chi connectivity index (χ1n) is 8.46. The van der Waals surface area contributed by atoms with E-state index in [9.17, 15) is 17.6 Å². The van der Waals surface area contributed by atoms with Crippen molar-refractivity contribution in [1.29, 1.82) is 0 Å². The lowest BCUT2D eigenvalue weighted by Crippen LogP contribution is -2.04. The Labute approximate surface area is 167 Å². The molecule has 2 aromatic heterocycles. The Balaban J connectivity index is 1.63. The quantitative estimate of drug-likeness (QED) is 0.295. The van der Waals surface area contributed by atoms with Gasteiger partial charge in [0.25, 0.3) is 0 Å². The predicted molar refractivity (Wildman–Crippen MR) is 100 cm³/mol. The van der Waals surface area contributed by atoms with Gasteiger partial charge < -0.3 is 4.42 Å². The molecule has 0 saturated heterocycles. The van der Waals surface area contributed by atoms with E-state index >= 15 is 0 Å². The lowest BCUT2D eigenvalue weighted by atomic mass is 10.1. The maximum atomic E-state index is 13.3. The minimum absolute atomic E-state index is 0.375. The van der Waals surface area contributed by atoms with Crippen LogP contribution in [0.25, 0.3) is 17.3 Å². The van der Waals surface area contributed by atoms with Crippen molar-refractivity contribution >= 4 is 11.8 Å². The van der Waals surface area contributed by atoms with Crippen LogP contribution in [0, 0.1) is 5.82 Å². The van der Waals surface area contributed by atoms with Crippen molar-refractivity contribution in [3.63, 3.8) is 0 Å². The Morgan fingerprint density at radius 2 is 1.66 bits per heavy atom. The molecule has 0 radical (unpaired) electrons. The first-order chi connectivity index (χ1) is 13.9. The zero-order valence-corrected chi connectivity index (χ0v) is 15.5. The summed E-state index contributed by atoms with van der Waals surface area (Å²) >= 11 is 1.30. The molecule has 0 bridgehead atoms. The molecule has 0 aliphatic carbocycles. The minimum Gasteiger partial charge on any atom is -0.461 e. The molecule has 0 fully saturated rings. The number of furan rings is 1. The van der Waals surface area contributed by atoms with E-state index in [1.165, 1.54) is 42.3 Å². The summed E-state index contributed by atoms with van der Waals surface area (Å²) in [6.45, 7) is 0. The Hall–Kier alpha value is -3.07. The topological polar surface area (TPSA) is 43.9 Å². The third kappa shape index (κ3) is 4.19. The first-order valence-corrected chi connectivity index (χ1v) is 9.44. The average molecular weight is 419 g/mol. The summed E-state index contributed by atoms with van der Waals surface area (Å²) in [5.41, 5.74) is 0.648. The van der Waals surface area contributed by atoms with Gasteiger partial charge in [-0.25, -0.2) is 4.39 Å². The third-order valence-electron chi connectivity index (χ3n) is 4.11. The fraction of sp³-hybridized carbons (Fsp3) is 0.100. The maximum Gasteiger partial charge on any atom is 0.416 e. The highest BCUT2D eigenvalue weighted by Crippen LogP contribution is 2.32. The van der Waals surface area contributed by atoms with Gasteiger partial charge in [-0.2, -0.15) is 13.2 Å². The Morgan fingerprint density at radius 3 is 2.28 bits per heavy atom. The number of hydrogen-bond donors (Lipinski definition) is 0. The summed E-state index contributed by atoms with van der Waals surface area (Å²) in [5, 5.41) is 8.86. The lowest BCUT2D eigenvalue weighted by Gasteiger charge is -2.10. The van der Waals surface area contributed by atoms with Crippen LogP contribution in [0.3, 0.4) is 0 Å². The molecule has 0 N–H and O–H groups in total. The van der Waals surface area contributed by atoms with Gasteiger partial charge in [0.1, 0.15) is 5.82 Å². The van der Waals surface area contributed by atoms with Crippen molar-refractivity contribution in [3.05, 3.63) is 83.9 Å². The highest BCUT2D eigenvalue weighted by Gasteiger charge is 2.30. The molecule has 4 aromatic rings. The molecule has 0 amide bonds. The van der Waals surface area contributed by atoms with Crippen molar-refractivity contribution in [3.8, 4) is 17.3 Å². The first kappa shape index (κ1) is 19.3. The van der Waals surface area contributed by atoms with Crippen LogP contribution in [-0.2, 0) is 11.9 Å². The van der Waals surface area contributed by atoms with Gasteiger partial charge in [-0.05, 0) is 54.1 Å². The molecule has 29 heavy (non-hydrogen) atoms. The molecule has 0 spiro atoms. The number of aromatic nitrogens is 3. The predicted octanol–water partition coefficient (Wildman–Crippen LogP) is 5.98. The van der Waals surface area contributed by atoms with Crippen LogP contribution in [0.2, 0.25) is 0 Å². The number of alkyl halides is 3. The van der Waals surface area contributed by atoms with Gasteiger partial charge in [0.15, 0.2) is 10.9 Å². The summed E-state index contributed by atoms with van der Waals surface area (Å²) in [4.78, 5) is 0. The number of hydrogen-bond acceptors (Lipinski definition) is 4. The van der Waals surface area contributed by atoms with Gasteiger partial charge in [-0.1, -0.05) is 23.9 Å². The fourth-order valence-corrected chi connectivity index (χ4v) is 3.60. The molecule has 0 aliphatic heterocycles. The Kier molecular flexibility index (Phi) is 5.14. The van der Waals surface area contributed by atoms with E-state index in [1.807, 2.05) is 0 Å². The van der Waals surface area contributed by atoms with Crippen LogP contribution in [0.15, 0.2) is 76.5 Å². The zero-order valence-electron chi connectivity index (χ0n) is 14.7. The molecule has 2 aromatic carbocycles. The van der Waals surface area contributed by atoms with Crippen molar-refractivity contribution in [1.82, 2.24) is 14.8 Å². The number of benzene rings is 2. The number of nitrogens with zero attached hydrogens (tertiary/aromatic N) is 3. The van der Waals surface area contributed by atoms with Gasteiger partial charge in [-0.15, -0.1) is 10.2 Å². The number of thioether (sulfide) groups is 1. The van der Waals surface area contributed by atoms with Crippen molar-refractivity contribution < 1.29 is 22.0 Å². The molecule has 9 heteroatoms. The molecular formula is C20H13F4N3OS. The average Bonchev–Trinajstić information content (AvgIpc) is 3.36. The standard InChI is InChI=1S/C20H13F4N3OS/c21-15-7-9-16(10-8-15)27-18(17-2-1-11-28-17)25-26-19(27)29-12-13-3-5-14(6-4-13)20(22,23)24/h1-11H,12H2. The zero-order chi connectivity index (χ0) is 20.4.